The van der Waals surface area contributed by atoms with E-state index in [0.717, 1.165) is 38.3 Å². The van der Waals surface area contributed by atoms with Crippen LogP contribution in [0.1, 0.15) is 25.3 Å². The fourth-order valence-electron chi connectivity index (χ4n) is 4.24. The van der Waals surface area contributed by atoms with E-state index < -0.39 is 0 Å². The first kappa shape index (κ1) is 15.2. The Labute approximate surface area is 146 Å². The Morgan fingerprint density at radius 2 is 1.84 bits per heavy atom. The molecule has 4 aliphatic rings. The standard InChI is InChI=1S/C17H24N6O2/c1-19-6-7-22(17(19)25)13-8-18-23(11-13)14-9-20(10-14)15-4-5-21(16(15)24)12-2-3-12/h8,11-12,14-15H,2-7,9-10H2,1H3. The maximum absolute atomic E-state index is 12.5. The Hall–Kier alpha value is -2.09. The van der Waals surface area contributed by atoms with Crippen molar-refractivity contribution in [1.82, 2.24) is 24.5 Å². The van der Waals surface area contributed by atoms with Gasteiger partial charge in [0, 0.05) is 52.0 Å². The molecule has 1 aromatic rings. The number of nitrogens with zero attached hydrogens (tertiary/aromatic N) is 6. The maximum atomic E-state index is 12.5. The molecule has 0 N–H and O–H groups in total. The number of carbonyl (C=O) groups is 2. The largest absolute Gasteiger partial charge is 0.338 e. The molecule has 0 radical (unpaired) electrons. The Bertz CT molecular complexity index is 708. The molecule has 1 unspecified atom stereocenters. The Balaban J connectivity index is 1.20. The van der Waals surface area contributed by atoms with E-state index in [-0.39, 0.29) is 12.1 Å². The van der Waals surface area contributed by atoms with Gasteiger partial charge in [0.1, 0.15) is 0 Å². The molecule has 8 heteroatoms. The lowest BCUT2D eigenvalue weighted by molar-refractivity contribution is -0.134. The molecular weight excluding hydrogens is 320 g/mol. The zero-order valence-corrected chi connectivity index (χ0v) is 14.5. The van der Waals surface area contributed by atoms with Crippen molar-refractivity contribution in [2.75, 3.05) is 44.7 Å². The highest BCUT2D eigenvalue weighted by Crippen LogP contribution is 2.35. The Kier molecular flexibility index (Phi) is 3.31. The van der Waals surface area contributed by atoms with Gasteiger partial charge in [-0.05, 0) is 19.3 Å². The van der Waals surface area contributed by atoms with Crippen molar-refractivity contribution < 1.29 is 9.59 Å². The Morgan fingerprint density at radius 3 is 2.52 bits per heavy atom. The Morgan fingerprint density at radius 1 is 1.04 bits per heavy atom. The first-order valence-electron chi connectivity index (χ1n) is 9.23. The number of rotatable bonds is 4. The molecule has 1 aliphatic carbocycles. The molecule has 3 saturated heterocycles. The van der Waals surface area contributed by atoms with E-state index in [1.807, 2.05) is 17.9 Å². The van der Waals surface area contributed by atoms with Crippen molar-refractivity contribution in [3.8, 4) is 0 Å². The number of likely N-dealkylation sites (tertiary alicyclic amines) is 2. The molecule has 4 heterocycles. The quantitative estimate of drug-likeness (QED) is 0.792. The van der Waals surface area contributed by atoms with E-state index in [1.54, 1.807) is 16.0 Å². The van der Waals surface area contributed by atoms with Crippen molar-refractivity contribution in [2.45, 2.75) is 37.4 Å². The minimum atomic E-state index is 0.0338. The van der Waals surface area contributed by atoms with Crippen molar-refractivity contribution >= 4 is 17.6 Å². The SMILES string of the molecule is CN1CCN(c2cnn(C3CN(C4CCN(C5CC5)C4=O)C3)c2)C1=O. The van der Waals surface area contributed by atoms with Gasteiger partial charge in [-0.2, -0.15) is 5.10 Å². The zero-order chi connectivity index (χ0) is 17.1. The summed E-state index contributed by atoms with van der Waals surface area (Å²) in [6.07, 6.45) is 7.06. The summed E-state index contributed by atoms with van der Waals surface area (Å²) in [6, 6.07) is 0.929. The summed E-state index contributed by atoms with van der Waals surface area (Å²) in [5, 5.41) is 4.46. The predicted octanol–water partition coefficient (Wildman–Crippen LogP) is 0.375. The van der Waals surface area contributed by atoms with Gasteiger partial charge in [0.05, 0.1) is 24.0 Å². The molecule has 0 aromatic carbocycles. The molecule has 5 rings (SSSR count). The third-order valence-corrected chi connectivity index (χ3v) is 6.02. The van der Waals surface area contributed by atoms with Crippen LogP contribution in [0, 0.1) is 0 Å². The van der Waals surface area contributed by atoms with Gasteiger partial charge in [-0.1, -0.05) is 0 Å². The summed E-state index contributed by atoms with van der Waals surface area (Å²) in [7, 11) is 1.82. The van der Waals surface area contributed by atoms with Gasteiger partial charge in [-0.25, -0.2) is 4.79 Å². The van der Waals surface area contributed by atoms with Crippen LogP contribution in [0.25, 0.3) is 0 Å². The molecule has 1 atom stereocenters. The minimum absolute atomic E-state index is 0.0338. The first-order chi connectivity index (χ1) is 12.1. The van der Waals surface area contributed by atoms with Crippen LogP contribution in [0.4, 0.5) is 10.5 Å². The molecular formula is C17H24N6O2. The monoisotopic (exact) mass is 344 g/mol. The number of amides is 3. The molecule has 8 nitrogen and oxygen atoms in total. The molecule has 3 amide bonds. The van der Waals surface area contributed by atoms with Crippen LogP contribution in [0.5, 0.6) is 0 Å². The van der Waals surface area contributed by atoms with E-state index in [4.69, 9.17) is 0 Å². The van der Waals surface area contributed by atoms with Gasteiger partial charge in [-0.3, -0.25) is 19.3 Å². The van der Waals surface area contributed by atoms with E-state index in [1.165, 1.54) is 12.8 Å². The van der Waals surface area contributed by atoms with E-state index in [2.05, 4.69) is 14.9 Å². The molecule has 0 spiro atoms. The number of hydrogen-bond acceptors (Lipinski definition) is 4. The third kappa shape index (κ3) is 2.42. The third-order valence-electron chi connectivity index (χ3n) is 6.02. The summed E-state index contributed by atoms with van der Waals surface area (Å²) in [5.74, 6) is 0.327. The summed E-state index contributed by atoms with van der Waals surface area (Å²) in [4.78, 5) is 32.5. The summed E-state index contributed by atoms with van der Waals surface area (Å²) < 4.78 is 1.95. The lowest BCUT2D eigenvalue weighted by atomic mass is 10.0. The molecule has 4 fully saturated rings. The molecule has 3 aliphatic heterocycles. The topological polar surface area (TPSA) is 64.9 Å². The van der Waals surface area contributed by atoms with Crippen molar-refractivity contribution in [1.29, 1.82) is 0 Å². The smallest absolute Gasteiger partial charge is 0.324 e. The van der Waals surface area contributed by atoms with Crippen LogP contribution in [0.2, 0.25) is 0 Å². The highest BCUT2D eigenvalue weighted by molar-refractivity contribution is 5.93. The number of anilines is 1. The van der Waals surface area contributed by atoms with Crippen LogP contribution < -0.4 is 4.90 Å². The fraction of sp³-hybridized carbons (Fsp3) is 0.706. The predicted molar refractivity (Wildman–Crippen MR) is 91.3 cm³/mol. The van der Waals surface area contributed by atoms with Crippen molar-refractivity contribution in [3.63, 3.8) is 0 Å². The zero-order valence-electron chi connectivity index (χ0n) is 14.5. The summed E-state index contributed by atoms with van der Waals surface area (Å²) in [5.41, 5.74) is 0.865. The highest BCUT2D eigenvalue weighted by Gasteiger charge is 2.46. The second-order valence-electron chi connectivity index (χ2n) is 7.71. The molecule has 1 aromatic heterocycles. The van der Waals surface area contributed by atoms with Gasteiger partial charge in [0.15, 0.2) is 0 Å². The highest BCUT2D eigenvalue weighted by atomic mass is 16.2. The van der Waals surface area contributed by atoms with Crippen LogP contribution in [-0.2, 0) is 4.79 Å². The van der Waals surface area contributed by atoms with Gasteiger partial charge in [0.2, 0.25) is 5.91 Å². The molecule has 134 valence electrons. The van der Waals surface area contributed by atoms with Gasteiger partial charge >= 0.3 is 6.03 Å². The van der Waals surface area contributed by atoms with Crippen LogP contribution >= 0.6 is 0 Å². The number of urea groups is 1. The van der Waals surface area contributed by atoms with E-state index >= 15 is 0 Å². The van der Waals surface area contributed by atoms with Crippen LogP contribution in [0.3, 0.4) is 0 Å². The van der Waals surface area contributed by atoms with Gasteiger partial charge in [0.25, 0.3) is 0 Å². The number of likely N-dealkylation sites (N-methyl/N-ethyl adjacent to an activating group) is 1. The normalized spacial score (nSPS) is 28.4. The maximum Gasteiger partial charge on any atom is 0.324 e. The molecule has 1 saturated carbocycles. The molecule has 25 heavy (non-hydrogen) atoms. The number of carbonyl (C=O) groups excluding carboxylic acids is 2. The summed E-state index contributed by atoms with van der Waals surface area (Å²) >= 11 is 0. The number of hydrogen-bond donors (Lipinski definition) is 0. The average molecular weight is 344 g/mol. The molecule has 0 bridgehead atoms. The first-order valence-corrected chi connectivity index (χ1v) is 9.23. The van der Waals surface area contributed by atoms with E-state index in [0.29, 0.717) is 24.5 Å². The second-order valence-corrected chi connectivity index (χ2v) is 7.71. The van der Waals surface area contributed by atoms with Crippen LogP contribution in [0.15, 0.2) is 12.4 Å². The summed E-state index contributed by atoms with van der Waals surface area (Å²) in [6.45, 7) is 4.12. The lowest BCUT2D eigenvalue weighted by Crippen LogP contribution is -2.55. The number of aromatic nitrogens is 2. The van der Waals surface area contributed by atoms with Crippen molar-refractivity contribution in [3.05, 3.63) is 12.4 Å². The second kappa shape index (κ2) is 5.45. The van der Waals surface area contributed by atoms with Gasteiger partial charge in [-0.15, -0.1) is 0 Å². The van der Waals surface area contributed by atoms with Gasteiger partial charge < -0.3 is 9.80 Å². The lowest BCUT2D eigenvalue weighted by Gasteiger charge is -2.42. The van der Waals surface area contributed by atoms with E-state index in [9.17, 15) is 9.59 Å². The van der Waals surface area contributed by atoms with Crippen LogP contribution in [-0.4, -0.2) is 88.3 Å². The fourth-order valence-corrected chi connectivity index (χ4v) is 4.24. The average Bonchev–Trinajstić information content (AvgIpc) is 3.03. The minimum Gasteiger partial charge on any atom is -0.338 e. The van der Waals surface area contributed by atoms with Crippen molar-refractivity contribution in [2.24, 2.45) is 0 Å².